The number of carbonyl (C=O) groups excluding carboxylic acids is 1. The number of anilines is 1. The van der Waals surface area contributed by atoms with Gasteiger partial charge in [-0.25, -0.2) is 15.0 Å². The zero-order valence-electron chi connectivity index (χ0n) is 12.8. The summed E-state index contributed by atoms with van der Waals surface area (Å²) >= 11 is 3.15. The van der Waals surface area contributed by atoms with Crippen molar-refractivity contribution in [1.29, 1.82) is 0 Å². The lowest BCUT2D eigenvalue weighted by Crippen LogP contribution is -2.49. The normalized spacial score (nSPS) is 14.8. The van der Waals surface area contributed by atoms with Crippen LogP contribution in [0.2, 0.25) is 0 Å². The number of hydrogen-bond acceptors (Lipinski definition) is 7. The fourth-order valence-electron chi connectivity index (χ4n) is 2.62. The number of carbonyl (C=O) groups is 1. The standard InChI is InChI=1S/C16H15N5OS2/c22-15(13-11-24-14(19-13)12-2-9-23-10-12)20-5-7-21(8-6-20)16-17-3-1-4-18-16/h1-4,9-11H,5-8H2. The average Bonchev–Trinajstić information content (AvgIpc) is 3.33. The van der Waals surface area contributed by atoms with E-state index in [9.17, 15) is 4.79 Å². The monoisotopic (exact) mass is 357 g/mol. The molecule has 3 aromatic heterocycles. The lowest BCUT2D eigenvalue weighted by Gasteiger charge is -2.34. The van der Waals surface area contributed by atoms with Crippen molar-refractivity contribution in [3.05, 3.63) is 46.4 Å². The molecule has 1 fully saturated rings. The number of thiazole rings is 1. The predicted octanol–water partition coefficient (Wildman–Crippen LogP) is 2.62. The minimum atomic E-state index is 0.00126. The molecular formula is C16H15N5OS2. The molecule has 8 heteroatoms. The van der Waals surface area contributed by atoms with Crippen molar-refractivity contribution < 1.29 is 4.79 Å². The Bertz CT molecular complexity index is 810. The molecule has 0 unspecified atom stereocenters. The summed E-state index contributed by atoms with van der Waals surface area (Å²) in [4.78, 5) is 29.6. The molecule has 1 aliphatic heterocycles. The number of amides is 1. The molecule has 122 valence electrons. The predicted molar refractivity (Wildman–Crippen MR) is 95.6 cm³/mol. The van der Waals surface area contributed by atoms with Crippen LogP contribution < -0.4 is 4.90 Å². The summed E-state index contributed by atoms with van der Waals surface area (Å²) in [7, 11) is 0. The van der Waals surface area contributed by atoms with E-state index in [0.29, 0.717) is 18.8 Å². The number of piperazine rings is 1. The molecule has 24 heavy (non-hydrogen) atoms. The van der Waals surface area contributed by atoms with E-state index in [1.807, 2.05) is 27.1 Å². The maximum Gasteiger partial charge on any atom is 0.273 e. The largest absolute Gasteiger partial charge is 0.337 e. The van der Waals surface area contributed by atoms with E-state index in [1.54, 1.807) is 29.8 Å². The Morgan fingerprint density at radius 2 is 1.88 bits per heavy atom. The summed E-state index contributed by atoms with van der Waals surface area (Å²) in [6.45, 7) is 2.78. The van der Waals surface area contributed by atoms with Crippen LogP contribution in [0.4, 0.5) is 5.95 Å². The highest BCUT2D eigenvalue weighted by atomic mass is 32.1. The van der Waals surface area contributed by atoms with Crippen LogP contribution >= 0.6 is 22.7 Å². The summed E-state index contributed by atoms with van der Waals surface area (Å²) < 4.78 is 0. The van der Waals surface area contributed by atoms with Crippen LogP contribution in [0.5, 0.6) is 0 Å². The minimum absolute atomic E-state index is 0.00126. The van der Waals surface area contributed by atoms with Crippen molar-refractivity contribution in [2.45, 2.75) is 0 Å². The molecule has 0 spiro atoms. The summed E-state index contributed by atoms with van der Waals surface area (Å²) in [5.41, 5.74) is 1.61. The lowest BCUT2D eigenvalue weighted by atomic mass is 10.3. The van der Waals surface area contributed by atoms with Gasteiger partial charge in [0.2, 0.25) is 5.95 Å². The van der Waals surface area contributed by atoms with Crippen LogP contribution in [0.25, 0.3) is 10.6 Å². The van der Waals surface area contributed by atoms with Crippen molar-refractivity contribution in [2.75, 3.05) is 31.1 Å². The molecule has 3 aromatic rings. The second kappa shape index (κ2) is 6.66. The quantitative estimate of drug-likeness (QED) is 0.721. The Balaban J connectivity index is 1.41. The first-order valence-corrected chi connectivity index (χ1v) is 9.43. The zero-order valence-corrected chi connectivity index (χ0v) is 14.5. The molecule has 4 rings (SSSR count). The van der Waals surface area contributed by atoms with Gasteiger partial charge >= 0.3 is 0 Å². The van der Waals surface area contributed by atoms with Crippen LogP contribution in [-0.2, 0) is 0 Å². The Labute approximate surface area is 147 Å². The highest BCUT2D eigenvalue weighted by Crippen LogP contribution is 2.26. The van der Waals surface area contributed by atoms with Gasteiger partial charge in [0.25, 0.3) is 5.91 Å². The van der Waals surface area contributed by atoms with Gasteiger partial charge in [-0.05, 0) is 17.5 Å². The number of nitrogens with zero attached hydrogens (tertiary/aromatic N) is 5. The molecule has 0 aromatic carbocycles. The maximum absolute atomic E-state index is 12.6. The molecular weight excluding hydrogens is 342 g/mol. The number of aromatic nitrogens is 3. The zero-order chi connectivity index (χ0) is 16.4. The first kappa shape index (κ1) is 15.2. The van der Waals surface area contributed by atoms with E-state index in [4.69, 9.17) is 0 Å². The second-order valence-corrected chi connectivity index (χ2v) is 7.02. The van der Waals surface area contributed by atoms with E-state index in [-0.39, 0.29) is 5.91 Å². The number of hydrogen-bond donors (Lipinski definition) is 0. The van der Waals surface area contributed by atoms with Gasteiger partial charge in [-0.15, -0.1) is 11.3 Å². The number of rotatable bonds is 3. The molecule has 0 N–H and O–H groups in total. The molecule has 0 atom stereocenters. The number of thiophene rings is 1. The second-order valence-electron chi connectivity index (χ2n) is 5.38. The molecule has 0 aliphatic carbocycles. The van der Waals surface area contributed by atoms with Crippen molar-refractivity contribution in [3.8, 4) is 10.6 Å². The first-order valence-electron chi connectivity index (χ1n) is 7.60. The smallest absolute Gasteiger partial charge is 0.273 e. The van der Waals surface area contributed by atoms with Gasteiger partial charge in [-0.2, -0.15) is 11.3 Å². The summed E-state index contributed by atoms with van der Waals surface area (Å²) in [5.74, 6) is 0.722. The van der Waals surface area contributed by atoms with Crippen LogP contribution in [-0.4, -0.2) is 51.9 Å². The van der Waals surface area contributed by atoms with E-state index < -0.39 is 0 Å². The van der Waals surface area contributed by atoms with Gasteiger partial charge in [0.05, 0.1) is 0 Å². The summed E-state index contributed by atoms with van der Waals surface area (Å²) in [6, 6.07) is 3.83. The fraction of sp³-hybridized carbons (Fsp3) is 0.250. The minimum Gasteiger partial charge on any atom is -0.337 e. The van der Waals surface area contributed by atoms with E-state index >= 15 is 0 Å². The van der Waals surface area contributed by atoms with E-state index in [0.717, 1.165) is 29.6 Å². The molecule has 1 saturated heterocycles. The Hall–Kier alpha value is -2.32. The molecule has 0 bridgehead atoms. The van der Waals surface area contributed by atoms with E-state index in [1.165, 1.54) is 11.3 Å². The van der Waals surface area contributed by atoms with Gasteiger partial charge in [0.15, 0.2) is 0 Å². The Kier molecular flexibility index (Phi) is 4.22. The maximum atomic E-state index is 12.6. The topological polar surface area (TPSA) is 62.2 Å². The third kappa shape index (κ3) is 3.02. The van der Waals surface area contributed by atoms with Crippen LogP contribution in [0, 0.1) is 0 Å². The van der Waals surface area contributed by atoms with Crippen molar-refractivity contribution in [2.24, 2.45) is 0 Å². The van der Waals surface area contributed by atoms with E-state index in [2.05, 4.69) is 19.9 Å². The van der Waals surface area contributed by atoms with Gasteiger partial charge in [0, 0.05) is 54.9 Å². The lowest BCUT2D eigenvalue weighted by molar-refractivity contribution is 0.0741. The third-order valence-corrected chi connectivity index (χ3v) is 5.47. The SMILES string of the molecule is O=C(c1csc(-c2ccsc2)n1)N1CCN(c2ncccn2)CC1. The molecule has 6 nitrogen and oxygen atoms in total. The van der Waals surface area contributed by atoms with Gasteiger partial charge in [-0.1, -0.05) is 0 Å². The van der Waals surface area contributed by atoms with Crippen molar-refractivity contribution >= 4 is 34.5 Å². The highest BCUT2D eigenvalue weighted by Gasteiger charge is 2.25. The Morgan fingerprint density at radius 1 is 1.08 bits per heavy atom. The van der Waals surface area contributed by atoms with Gasteiger partial charge in [0.1, 0.15) is 10.7 Å². The fourth-order valence-corrected chi connectivity index (χ4v) is 4.12. The van der Waals surface area contributed by atoms with Gasteiger partial charge in [-0.3, -0.25) is 4.79 Å². The van der Waals surface area contributed by atoms with Crippen LogP contribution in [0.15, 0.2) is 40.7 Å². The van der Waals surface area contributed by atoms with Crippen molar-refractivity contribution in [3.63, 3.8) is 0 Å². The third-order valence-electron chi connectivity index (χ3n) is 3.89. The summed E-state index contributed by atoms with van der Waals surface area (Å²) in [5, 5.41) is 6.81. The van der Waals surface area contributed by atoms with Crippen LogP contribution in [0.3, 0.4) is 0 Å². The molecule has 0 radical (unpaired) electrons. The first-order chi connectivity index (χ1) is 11.8. The molecule has 1 aliphatic rings. The van der Waals surface area contributed by atoms with Crippen LogP contribution in [0.1, 0.15) is 10.5 Å². The molecule has 0 saturated carbocycles. The summed E-state index contributed by atoms with van der Waals surface area (Å²) in [6.07, 6.45) is 3.47. The molecule has 4 heterocycles. The van der Waals surface area contributed by atoms with Crippen molar-refractivity contribution in [1.82, 2.24) is 19.9 Å². The Morgan fingerprint density at radius 3 is 2.58 bits per heavy atom. The molecule has 1 amide bonds. The highest BCUT2D eigenvalue weighted by molar-refractivity contribution is 7.14. The van der Waals surface area contributed by atoms with Gasteiger partial charge < -0.3 is 9.80 Å². The average molecular weight is 357 g/mol.